The molecule has 0 atom stereocenters. The summed E-state index contributed by atoms with van der Waals surface area (Å²) < 4.78 is 5.96. The Hall–Kier alpha value is -1.95. The number of alkyl halides is 3. The van der Waals surface area contributed by atoms with Crippen LogP contribution in [0.1, 0.15) is 28.1 Å². The molecule has 0 unspecified atom stereocenters. The van der Waals surface area contributed by atoms with E-state index in [2.05, 4.69) is 40.7 Å². The van der Waals surface area contributed by atoms with Gasteiger partial charge >= 0.3 is 6.09 Å². The van der Waals surface area contributed by atoms with Crippen molar-refractivity contribution in [2.45, 2.75) is 43.6 Å². The van der Waals surface area contributed by atoms with Crippen molar-refractivity contribution in [3.05, 3.63) is 64.6 Å². The largest absolute Gasteiger partial charge is 0.445 e. The van der Waals surface area contributed by atoms with Crippen molar-refractivity contribution in [3.63, 3.8) is 0 Å². The van der Waals surface area contributed by atoms with E-state index < -0.39 is 9.89 Å². The summed E-state index contributed by atoms with van der Waals surface area (Å²) in [6.45, 7) is 5.70. The van der Waals surface area contributed by atoms with Gasteiger partial charge in [0.15, 0.2) is 0 Å². The highest BCUT2D eigenvalue weighted by Crippen LogP contribution is 2.33. The summed E-state index contributed by atoms with van der Waals surface area (Å²) in [7, 11) is 0. The van der Waals surface area contributed by atoms with Gasteiger partial charge in [0, 0.05) is 53.6 Å². The maximum absolute atomic E-state index is 12.5. The van der Waals surface area contributed by atoms with E-state index in [1.54, 1.807) is 4.90 Å². The second kappa shape index (κ2) is 8.89. The summed E-state index contributed by atoms with van der Waals surface area (Å²) in [5.74, 6) is 0. The summed E-state index contributed by atoms with van der Waals surface area (Å²) in [6.07, 6.45) is 3.13. The highest BCUT2D eigenvalue weighted by atomic mass is 35.6. The molecule has 164 valence electrons. The lowest BCUT2D eigenvalue weighted by Crippen LogP contribution is -2.38. The van der Waals surface area contributed by atoms with Crippen LogP contribution in [0.25, 0.3) is 10.9 Å². The third-order valence-electron chi connectivity index (χ3n) is 5.62. The number of nitrogens with zero attached hydrogens (tertiary/aromatic N) is 3. The van der Waals surface area contributed by atoms with E-state index in [1.807, 2.05) is 19.2 Å². The number of carbonyl (C=O) groups excluding carboxylic acids is 1. The number of aromatic nitrogens is 2. The molecule has 2 aromatic heterocycles. The van der Waals surface area contributed by atoms with Gasteiger partial charge in [0.2, 0.25) is 3.79 Å². The van der Waals surface area contributed by atoms with Crippen molar-refractivity contribution >= 4 is 51.8 Å². The molecule has 5 nitrogen and oxygen atoms in total. The molecule has 3 heterocycles. The predicted molar refractivity (Wildman–Crippen MR) is 125 cm³/mol. The van der Waals surface area contributed by atoms with Gasteiger partial charge in [-0.3, -0.25) is 4.98 Å². The molecule has 31 heavy (non-hydrogen) atoms. The molecule has 0 fully saturated rings. The zero-order valence-electron chi connectivity index (χ0n) is 17.5. The lowest BCUT2D eigenvalue weighted by molar-refractivity contribution is 0.0993. The number of fused-ring (bicyclic) bond motifs is 3. The predicted octanol–water partition coefficient (Wildman–Crippen LogP) is 5.76. The summed E-state index contributed by atoms with van der Waals surface area (Å²) in [5, 5.41) is 1.18. The Morgan fingerprint density at radius 3 is 2.71 bits per heavy atom. The number of hydrogen-bond donors (Lipinski definition) is 0. The minimum atomic E-state index is -1.62. The van der Waals surface area contributed by atoms with Gasteiger partial charge < -0.3 is 14.2 Å². The third kappa shape index (κ3) is 5.11. The normalized spacial score (nSPS) is 14.0. The van der Waals surface area contributed by atoms with E-state index in [-0.39, 0.29) is 6.61 Å². The van der Waals surface area contributed by atoms with Crippen LogP contribution in [0.4, 0.5) is 4.79 Å². The molecule has 1 amide bonds. The van der Waals surface area contributed by atoms with Crippen molar-refractivity contribution in [1.29, 1.82) is 0 Å². The third-order valence-corrected chi connectivity index (χ3v) is 5.95. The molecule has 0 saturated carbocycles. The quantitative estimate of drug-likeness (QED) is 0.446. The number of aryl methyl sites for hydroxylation is 4. The van der Waals surface area contributed by atoms with Gasteiger partial charge in [0.25, 0.3) is 0 Å². The first-order chi connectivity index (χ1) is 14.7. The lowest BCUT2D eigenvalue weighted by atomic mass is 10.0. The van der Waals surface area contributed by atoms with Crippen LogP contribution in [0.3, 0.4) is 0 Å². The highest BCUT2D eigenvalue weighted by molar-refractivity contribution is 6.67. The molecule has 3 aromatic rings. The van der Waals surface area contributed by atoms with Gasteiger partial charge in [-0.05, 0) is 44.0 Å². The van der Waals surface area contributed by atoms with Crippen molar-refractivity contribution < 1.29 is 9.53 Å². The zero-order chi connectivity index (χ0) is 22.2. The number of carbonyl (C=O) groups is 1. The Labute approximate surface area is 196 Å². The van der Waals surface area contributed by atoms with Crippen molar-refractivity contribution in [3.8, 4) is 0 Å². The van der Waals surface area contributed by atoms with E-state index in [9.17, 15) is 4.79 Å². The van der Waals surface area contributed by atoms with Gasteiger partial charge in [0.05, 0.1) is 6.54 Å². The number of ether oxygens (including phenoxy) is 1. The van der Waals surface area contributed by atoms with Gasteiger partial charge in [-0.15, -0.1) is 0 Å². The Bertz CT molecular complexity index is 1100. The molecule has 8 heteroatoms. The first-order valence-corrected chi connectivity index (χ1v) is 11.4. The smallest absolute Gasteiger partial charge is 0.410 e. The molecule has 0 spiro atoms. The SMILES string of the molecule is Cc1ccc2c(c1)c1c(n2CCc2ccc(C)nc2)CCN(C(=O)OCC(Cl)(Cl)Cl)C1. The summed E-state index contributed by atoms with van der Waals surface area (Å²) in [4.78, 5) is 18.6. The average molecular weight is 481 g/mol. The molecule has 0 N–H and O–H groups in total. The fraction of sp³-hybridized carbons (Fsp3) is 0.391. The first kappa shape index (κ1) is 22.3. The summed E-state index contributed by atoms with van der Waals surface area (Å²) >= 11 is 17.2. The topological polar surface area (TPSA) is 47.4 Å². The van der Waals surface area contributed by atoms with Crippen LogP contribution in [-0.2, 0) is 30.7 Å². The minimum absolute atomic E-state index is 0.273. The molecule has 1 aromatic carbocycles. The van der Waals surface area contributed by atoms with E-state index in [4.69, 9.17) is 39.5 Å². The first-order valence-electron chi connectivity index (χ1n) is 10.2. The lowest BCUT2D eigenvalue weighted by Gasteiger charge is -2.28. The van der Waals surface area contributed by atoms with E-state index in [1.165, 1.54) is 27.7 Å². The fourth-order valence-electron chi connectivity index (χ4n) is 4.10. The van der Waals surface area contributed by atoms with Crippen LogP contribution < -0.4 is 0 Å². The van der Waals surface area contributed by atoms with Gasteiger partial charge in [0.1, 0.15) is 6.61 Å². The van der Waals surface area contributed by atoms with Crippen molar-refractivity contribution in [2.24, 2.45) is 0 Å². The Morgan fingerprint density at radius 2 is 2.00 bits per heavy atom. The molecule has 0 bridgehead atoms. The minimum Gasteiger partial charge on any atom is -0.445 e. The number of rotatable bonds is 4. The number of benzene rings is 1. The fourth-order valence-corrected chi connectivity index (χ4v) is 4.26. The summed E-state index contributed by atoms with van der Waals surface area (Å²) in [6, 6.07) is 10.7. The monoisotopic (exact) mass is 479 g/mol. The molecule has 1 aliphatic heterocycles. The molecular formula is C23H24Cl3N3O2. The van der Waals surface area contributed by atoms with E-state index in [0.29, 0.717) is 13.1 Å². The van der Waals surface area contributed by atoms with Crippen LogP contribution in [-0.4, -0.2) is 37.5 Å². The Morgan fingerprint density at radius 1 is 1.19 bits per heavy atom. The molecular weight excluding hydrogens is 457 g/mol. The maximum Gasteiger partial charge on any atom is 0.410 e. The molecule has 0 saturated heterocycles. The molecule has 0 aliphatic carbocycles. The molecule has 1 aliphatic rings. The van der Waals surface area contributed by atoms with Crippen LogP contribution >= 0.6 is 34.8 Å². The average Bonchev–Trinajstić information content (AvgIpc) is 3.03. The van der Waals surface area contributed by atoms with Crippen molar-refractivity contribution in [1.82, 2.24) is 14.5 Å². The van der Waals surface area contributed by atoms with Gasteiger partial charge in [-0.1, -0.05) is 52.5 Å². The second-order valence-electron chi connectivity index (χ2n) is 8.00. The number of amides is 1. The Kier molecular flexibility index (Phi) is 6.38. The summed E-state index contributed by atoms with van der Waals surface area (Å²) in [5.41, 5.74) is 7.04. The van der Waals surface area contributed by atoms with Crippen LogP contribution in [0.2, 0.25) is 0 Å². The van der Waals surface area contributed by atoms with Gasteiger partial charge in [-0.25, -0.2) is 4.79 Å². The molecule has 0 radical (unpaired) electrons. The van der Waals surface area contributed by atoms with Gasteiger partial charge in [-0.2, -0.15) is 0 Å². The van der Waals surface area contributed by atoms with Crippen molar-refractivity contribution in [2.75, 3.05) is 13.2 Å². The van der Waals surface area contributed by atoms with Crippen LogP contribution in [0.5, 0.6) is 0 Å². The molecule has 4 rings (SSSR count). The highest BCUT2D eigenvalue weighted by Gasteiger charge is 2.29. The van der Waals surface area contributed by atoms with Crippen LogP contribution in [0, 0.1) is 13.8 Å². The Balaban J connectivity index is 1.60. The van der Waals surface area contributed by atoms with Crippen LogP contribution in [0.15, 0.2) is 36.5 Å². The number of hydrogen-bond acceptors (Lipinski definition) is 3. The standard InChI is InChI=1S/C23H24Cl3N3O2/c1-15-3-6-20-18(11-15)19-13-28(22(30)31-14-23(24,25)26)9-8-21(19)29(20)10-7-17-5-4-16(2)27-12-17/h3-6,11-12H,7-10,13-14H2,1-2H3. The second-order valence-corrected chi connectivity index (χ2v) is 10.5. The van der Waals surface area contributed by atoms with E-state index >= 15 is 0 Å². The number of halogens is 3. The van der Waals surface area contributed by atoms with E-state index in [0.717, 1.165) is 30.6 Å². The zero-order valence-corrected chi connectivity index (χ0v) is 19.8. The maximum atomic E-state index is 12.5. The number of pyridine rings is 1.